The van der Waals surface area contributed by atoms with Crippen molar-refractivity contribution in [2.24, 2.45) is 5.92 Å². The van der Waals surface area contributed by atoms with Crippen LogP contribution in [0.5, 0.6) is 5.88 Å². The highest BCUT2D eigenvalue weighted by atomic mass is 16.6. The van der Waals surface area contributed by atoms with Crippen LogP contribution in [-0.4, -0.2) is 23.7 Å². The van der Waals surface area contributed by atoms with Gasteiger partial charge in [-0.2, -0.15) is 0 Å². The summed E-state index contributed by atoms with van der Waals surface area (Å²) in [6.45, 7) is 5.66. The number of hydrogen-bond donors (Lipinski definition) is 0. The van der Waals surface area contributed by atoms with Gasteiger partial charge in [-0.25, -0.2) is 4.98 Å². The van der Waals surface area contributed by atoms with Gasteiger partial charge in [0.2, 0.25) is 5.88 Å². The van der Waals surface area contributed by atoms with E-state index in [9.17, 15) is 4.79 Å². The maximum atomic E-state index is 11.9. The molecule has 0 aliphatic heterocycles. The smallest absolute Gasteiger partial charge is 0.310 e. The predicted molar refractivity (Wildman–Crippen MR) is 67.5 cm³/mol. The van der Waals surface area contributed by atoms with E-state index >= 15 is 0 Å². The van der Waals surface area contributed by atoms with Crippen molar-refractivity contribution in [3.05, 3.63) is 23.9 Å². The largest absolute Gasteiger partial charge is 0.481 e. The zero-order valence-corrected chi connectivity index (χ0v) is 11.3. The van der Waals surface area contributed by atoms with Crippen LogP contribution in [0.3, 0.4) is 0 Å². The lowest BCUT2D eigenvalue weighted by molar-refractivity contribution is -0.156. The van der Waals surface area contributed by atoms with Gasteiger partial charge in [0.25, 0.3) is 0 Å². The number of aromatic nitrogens is 1. The molecule has 0 bridgehead atoms. The molecule has 1 aromatic rings. The van der Waals surface area contributed by atoms with Gasteiger partial charge in [0, 0.05) is 12.3 Å². The molecule has 2 unspecified atom stereocenters. The Bertz CT molecular complexity index is 433. The van der Waals surface area contributed by atoms with Gasteiger partial charge in [-0.15, -0.1) is 0 Å². The lowest BCUT2D eigenvalue weighted by Crippen LogP contribution is -2.25. The van der Waals surface area contributed by atoms with Gasteiger partial charge >= 0.3 is 5.97 Å². The molecule has 2 atom stereocenters. The minimum Gasteiger partial charge on any atom is -0.481 e. The quantitative estimate of drug-likeness (QED) is 0.772. The van der Waals surface area contributed by atoms with E-state index in [0.717, 1.165) is 12.0 Å². The van der Waals surface area contributed by atoms with Crippen molar-refractivity contribution < 1.29 is 14.3 Å². The molecule has 1 aromatic heterocycles. The number of esters is 1. The van der Waals surface area contributed by atoms with Crippen LogP contribution < -0.4 is 4.74 Å². The molecule has 0 saturated heterocycles. The zero-order valence-electron chi connectivity index (χ0n) is 11.3. The Kier molecular flexibility index (Phi) is 3.28. The maximum absolute atomic E-state index is 11.9. The van der Waals surface area contributed by atoms with E-state index in [1.807, 2.05) is 32.9 Å². The molecule has 1 saturated carbocycles. The Hall–Kier alpha value is -1.58. The van der Waals surface area contributed by atoms with Gasteiger partial charge in [0.15, 0.2) is 0 Å². The van der Waals surface area contributed by atoms with Crippen molar-refractivity contribution in [3.63, 3.8) is 0 Å². The molecule has 0 aromatic carbocycles. The predicted octanol–water partition coefficient (Wildman–Crippen LogP) is 2.54. The van der Waals surface area contributed by atoms with E-state index in [0.29, 0.717) is 5.88 Å². The van der Waals surface area contributed by atoms with E-state index < -0.39 is 5.60 Å². The number of hydrogen-bond acceptors (Lipinski definition) is 4. The van der Waals surface area contributed by atoms with E-state index in [-0.39, 0.29) is 17.8 Å². The summed E-state index contributed by atoms with van der Waals surface area (Å²) in [4.78, 5) is 16.0. The fraction of sp³-hybridized carbons (Fsp3) is 0.571. The summed E-state index contributed by atoms with van der Waals surface area (Å²) in [7, 11) is 1.59. The van der Waals surface area contributed by atoms with Crippen molar-refractivity contribution in [1.82, 2.24) is 4.98 Å². The fourth-order valence-electron chi connectivity index (χ4n) is 1.93. The van der Waals surface area contributed by atoms with Crippen molar-refractivity contribution in [3.8, 4) is 5.88 Å². The number of carbonyl (C=O) groups excluding carboxylic acids is 1. The molecular weight excluding hydrogens is 230 g/mol. The lowest BCUT2D eigenvalue weighted by Gasteiger charge is -2.19. The second-order valence-corrected chi connectivity index (χ2v) is 5.62. The highest BCUT2D eigenvalue weighted by Crippen LogP contribution is 2.48. The van der Waals surface area contributed by atoms with Gasteiger partial charge in [0.1, 0.15) is 5.60 Å². The first kappa shape index (κ1) is 12.9. The first-order valence-corrected chi connectivity index (χ1v) is 6.13. The van der Waals surface area contributed by atoms with Crippen LogP contribution in [0.15, 0.2) is 18.3 Å². The van der Waals surface area contributed by atoms with Gasteiger partial charge in [-0.05, 0) is 38.7 Å². The monoisotopic (exact) mass is 249 g/mol. The van der Waals surface area contributed by atoms with Gasteiger partial charge in [-0.1, -0.05) is 6.07 Å². The van der Waals surface area contributed by atoms with Crippen LogP contribution in [0.1, 0.15) is 38.7 Å². The highest BCUT2D eigenvalue weighted by molar-refractivity contribution is 5.77. The molecular formula is C14H19NO3. The summed E-state index contributed by atoms with van der Waals surface area (Å²) in [5.41, 5.74) is 0.661. The number of methoxy groups -OCH3 is 1. The Morgan fingerprint density at radius 2 is 2.11 bits per heavy atom. The van der Waals surface area contributed by atoms with Crippen LogP contribution in [0.25, 0.3) is 0 Å². The van der Waals surface area contributed by atoms with Gasteiger partial charge in [-0.3, -0.25) is 4.79 Å². The summed E-state index contributed by atoms with van der Waals surface area (Å²) in [5.74, 6) is 0.717. The molecule has 1 fully saturated rings. The van der Waals surface area contributed by atoms with Crippen molar-refractivity contribution in [2.75, 3.05) is 7.11 Å². The average molecular weight is 249 g/mol. The molecule has 18 heavy (non-hydrogen) atoms. The minimum atomic E-state index is -0.414. The topological polar surface area (TPSA) is 48.4 Å². The maximum Gasteiger partial charge on any atom is 0.310 e. The third-order valence-electron chi connectivity index (χ3n) is 2.90. The SMILES string of the molecule is COc1ccc(C2CC2C(=O)OC(C)(C)C)cn1. The van der Waals surface area contributed by atoms with Crippen LogP contribution in [0.2, 0.25) is 0 Å². The Morgan fingerprint density at radius 1 is 1.39 bits per heavy atom. The molecule has 1 aliphatic carbocycles. The van der Waals surface area contributed by atoms with Gasteiger partial charge in [0.05, 0.1) is 13.0 Å². The molecule has 98 valence electrons. The Balaban J connectivity index is 1.96. The van der Waals surface area contributed by atoms with Crippen LogP contribution in [0, 0.1) is 5.92 Å². The second kappa shape index (κ2) is 4.59. The molecule has 1 heterocycles. The molecule has 2 rings (SSSR count). The number of carbonyl (C=O) groups is 1. The molecule has 0 spiro atoms. The van der Waals surface area contributed by atoms with E-state index in [1.54, 1.807) is 13.3 Å². The highest BCUT2D eigenvalue weighted by Gasteiger charge is 2.46. The Morgan fingerprint density at radius 3 is 2.61 bits per heavy atom. The second-order valence-electron chi connectivity index (χ2n) is 5.62. The van der Waals surface area contributed by atoms with Crippen molar-refractivity contribution in [1.29, 1.82) is 0 Å². The number of nitrogens with zero attached hydrogens (tertiary/aromatic N) is 1. The van der Waals surface area contributed by atoms with Crippen LogP contribution in [0.4, 0.5) is 0 Å². The Labute approximate surface area is 107 Å². The van der Waals surface area contributed by atoms with Crippen LogP contribution >= 0.6 is 0 Å². The van der Waals surface area contributed by atoms with Crippen LogP contribution in [-0.2, 0) is 9.53 Å². The lowest BCUT2D eigenvalue weighted by atomic mass is 10.1. The van der Waals surface area contributed by atoms with Crippen molar-refractivity contribution in [2.45, 2.75) is 38.7 Å². The van der Waals surface area contributed by atoms with Crippen molar-refractivity contribution >= 4 is 5.97 Å². The summed E-state index contributed by atoms with van der Waals surface area (Å²) < 4.78 is 10.4. The summed E-state index contributed by atoms with van der Waals surface area (Å²) in [6, 6.07) is 3.78. The number of pyridine rings is 1. The molecule has 1 aliphatic rings. The fourth-order valence-corrected chi connectivity index (χ4v) is 1.93. The first-order chi connectivity index (χ1) is 8.40. The molecule has 4 nitrogen and oxygen atoms in total. The molecule has 0 N–H and O–H groups in total. The summed E-state index contributed by atoms with van der Waals surface area (Å²) in [5, 5.41) is 0. The number of ether oxygens (including phenoxy) is 2. The summed E-state index contributed by atoms with van der Waals surface area (Å²) in [6.07, 6.45) is 2.62. The third kappa shape index (κ3) is 3.00. The average Bonchev–Trinajstić information content (AvgIpc) is 3.07. The third-order valence-corrected chi connectivity index (χ3v) is 2.90. The first-order valence-electron chi connectivity index (χ1n) is 6.13. The van der Waals surface area contributed by atoms with E-state index in [2.05, 4.69) is 4.98 Å². The molecule has 0 amide bonds. The zero-order chi connectivity index (χ0) is 13.3. The van der Waals surface area contributed by atoms with E-state index in [4.69, 9.17) is 9.47 Å². The number of rotatable bonds is 3. The minimum absolute atomic E-state index is 0.0144. The van der Waals surface area contributed by atoms with Gasteiger partial charge < -0.3 is 9.47 Å². The standard InChI is InChI=1S/C14H19NO3/c1-14(2,3)18-13(16)11-7-10(11)9-5-6-12(17-4)15-8-9/h5-6,8,10-11H,7H2,1-4H3. The van der Waals surface area contributed by atoms with E-state index in [1.165, 1.54) is 0 Å². The summed E-state index contributed by atoms with van der Waals surface area (Å²) >= 11 is 0. The molecule has 0 radical (unpaired) electrons. The molecule has 4 heteroatoms. The normalized spacial score (nSPS) is 22.4.